The first-order valence-corrected chi connectivity index (χ1v) is 11.8. The van der Waals surface area contributed by atoms with Crippen LogP contribution >= 0.6 is 11.6 Å². The molecule has 3 atom stereocenters. The monoisotopic (exact) mass is 496 g/mol. The van der Waals surface area contributed by atoms with E-state index in [1.54, 1.807) is 6.92 Å². The van der Waals surface area contributed by atoms with Crippen molar-refractivity contribution in [1.82, 2.24) is 14.9 Å². The van der Waals surface area contributed by atoms with E-state index in [9.17, 15) is 18.0 Å². The molecule has 1 N–H and O–H groups in total. The number of aromatic nitrogens is 2. The minimum absolute atomic E-state index is 0.0629. The molecule has 1 fully saturated rings. The molecule has 1 saturated heterocycles. The number of rotatable bonds is 8. The predicted octanol–water partition coefficient (Wildman–Crippen LogP) is 4.77. The van der Waals surface area contributed by atoms with Crippen LogP contribution in [0.15, 0.2) is 18.2 Å². The third-order valence-corrected chi connectivity index (χ3v) is 6.89. The van der Waals surface area contributed by atoms with Gasteiger partial charge in [0.25, 0.3) is 6.43 Å². The summed E-state index contributed by atoms with van der Waals surface area (Å²) in [5.74, 6) is -0.0825. The van der Waals surface area contributed by atoms with Crippen LogP contribution in [0, 0.1) is 11.7 Å². The molecule has 184 valence electrons. The van der Waals surface area contributed by atoms with E-state index in [2.05, 4.69) is 15.3 Å². The average molecular weight is 497 g/mol. The van der Waals surface area contributed by atoms with Crippen LogP contribution in [0.25, 0.3) is 0 Å². The number of hydrogen-bond acceptors (Lipinski definition) is 6. The zero-order valence-corrected chi connectivity index (χ0v) is 19.9. The van der Waals surface area contributed by atoms with Gasteiger partial charge in [-0.05, 0) is 50.8 Å². The molecule has 1 aliphatic carbocycles. The van der Waals surface area contributed by atoms with Gasteiger partial charge in [-0.15, -0.1) is 0 Å². The van der Waals surface area contributed by atoms with Crippen molar-refractivity contribution in [3.8, 4) is 0 Å². The van der Waals surface area contributed by atoms with Crippen molar-refractivity contribution in [3.05, 3.63) is 51.7 Å². The fourth-order valence-corrected chi connectivity index (χ4v) is 4.92. The molecule has 34 heavy (non-hydrogen) atoms. The van der Waals surface area contributed by atoms with Crippen LogP contribution < -0.4 is 5.32 Å². The highest BCUT2D eigenvalue weighted by Crippen LogP contribution is 2.36. The van der Waals surface area contributed by atoms with E-state index in [0.29, 0.717) is 44.7 Å². The largest absolute Gasteiger partial charge is 0.378 e. The van der Waals surface area contributed by atoms with Crippen molar-refractivity contribution in [2.24, 2.45) is 5.92 Å². The zero-order valence-electron chi connectivity index (χ0n) is 19.2. The SMILES string of the molecule is C[C@@H](Nc1nc(Cl)nc2c1CC(CCC(=O)[C@@H]1COCCN1C)C2)c1cccc(C(F)F)c1F. The molecule has 1 unspecified atom stereocenters. The molecule has 0 bridgehead atoms. The number of benzene rings is 1. The predicted molar refractivity (Wildman–Crippen MR) is 123 cm³/mol. The number of ether oxygens (including phenoxy) is 1. The Morgan fingerprint density at radius 3 is 2.79 bits per heavy atom. The molecular weight excluding hydrogens is 469 g/mol. The number of Topliss-reactive ketones (excluding diaryl/α,β-unsaturated/α-hetero) is 1. The molecule has 4 rings (SSSR count). The van der Waals surface area contributed by atoms with Crippen LogP contribution in [0.1, 0.15) is 54.6 Å². The second kappa shape index (κ2) is 10.6. The summed E-state index contributed by atoms with van der Waals surface area (Å²) in [6.45, 7) is 3.50. The Kier molecular flexibility index (Phi) is 7.74. The van der Waals surface area contributed by atoms with Gasteiger partial charge in [0, 0.05) is 24.1 Å². The minimum Gasteiger partial charge on any atom is -0.378 e. The number of ketones is 1. The zero-order chi connectivity index (χ0) is 24.4. The summed E-state index contributed by atoms with van der Waals surface area (Å²) < 4.78 is 46.3. The third kappa shape index (κ3) is 5.37. The molecule has 1 aliphatic heterocycles. The Bertz CT molecular complexity index is 1060. The molecule has 0 saturated carbocycles. The van der Waals surface area contributed by atoms with Crippen LogP contribution in [0.4, 0.5) is 19.0 Å². The van der Waals surface area contributed by atoms with Gasteiger partial charge in [-0.2, -0.15) is 0 Å². The highest BCUT2D eigenvalue weighted by molar-refractivity contribution is 6.28. The molecule has 1 aromatic carbocycles. The number of hydrogen-bond donors (Lipinski definition) is 1. The molecule has 1 aromatic heterocycles. The minimum atomic E-state index is -2.90. The molecule has 0 amide bonds. The van der Waals surface area contributed by atoms with Gasteiger partial charge in [0.1, 0.15) is 11.6 Å². The number of carbonyl (C=O) groups excluding carboxylic acids is 1. The average Bonchev–Trinajstić information content (AvgIpc) is 3.20. The highest BCUT2D eigenvalue weighted by atomic mass is 35.5. The van der Waals surface area contributed by atoms with Crippen molar-refractivity contribution in [2.75, 3.05) is 32.1 Å². The Hall–Kier alpha value is -2.23. The molecular formula is C24H28ClF3N4O2. The van der Waals surface area contributed by atoms with Gasteiger partial charge in [-0.1, -0.05) is 18.2 Å². The van der Waals surface area contributed by atoms with E-state index >= 15 is 0 Å². The quantitative estimate of drug-likeness (QED) is 0.531. The van der Waals surface area contributed by atoms with Gasteiger partial charge < -0.3 is 10.1 Å². The summed E-state index contributed by atoms with van der Waals surface area (Å²) in [7, 11) is 1.94. The molecule has 10 heteroatoms. The molecule has 6 nitrogen and oxygen atoms in total. The summed E-state index contributed by atoms with van der Waals surface area (Å²) >= 11 is 6.14. The number of likely N-dealkylation sites (N-methyl/N-ethyl adjacent to an activating group) is 1. The van der Waals surface area contributed by atoms with E-state index in [1.165, 1.54) is 12.1 Å². The maximum absolute atomic E-state index is 14.6. The number of halogens is 4. The lowest BCUT2D eigenvalue weighted by Gasteiger charge is -2.31. The molecule has 2 aromatic rings. The maximum atomic E-state index is 14.6. The van der Waals surface area contributed by atoms with Crippen molar-refractivity contribution < 1.29 is 22.7 Å². The van der Waals surface area contributed by atoms with Crippen LogP contribution in [-0.4, -0.2) is 53.5 Å². The molecule has 2 heterocycles. The van der Waals surface area contributed by atoms with Crippen molar-refractivity contribution in [3.63, 3.8) is 0 Å². The van der Waals surface area contributed by atoms with E-state index in [1.807, 2.05) is 11.9 Å². The summed E-state index contributed by atoms with van der Waals surface area (Å²) in [5, 5.41) is 3.20. The summed E-state index contributed by atoms with van der Waals surface area (Å²) in [6.07, 6.45) is -0.417. The number of nitrogens with zero attached hydrogens (tertiary/aromatic N) is 3. The summed E-state index contributed by atoms with van der Waals surface area (Å²) in [4.78, 5) is 23.4. The lowest BCUT2D eigenvalue weighted by Crippen LogP contribution is -2.47. The van der Waals surface area contributed by atoms with E-state index in [-0.39, 0.29) is 28.6 Å². The second-order valence-corrected chi connectivity index (χ2v) is 9.37. The lowest BCUT2D eigenvalue weighted by molar-refractivity contribution is -0.129. The van der Waals surface area contributed by atoms with Crippen LogP contribution in [0.3, 0.4) is 0 Å². The van der Waals surface area contributed by atoms with Crippen molar-refractivity contribution in [2.45, 2.75) is 51.1 Å². The fourth-order valence-electron chi connectivity index (χ4n) is 4.73. The normalized spacial score (nSPS) is 21.5. The smallest absolute Gasteiger partial charge is 0.266 e. The number of carbonyl (C=O) groups is 1. The number of anilines is 1. The maximum Gasteiger partial charge on any atom is 0.266 e. The van der Waals surface area contributed by atoms with Gasteiger partial charge in [0.15, 0.2) is 5.78 Å². The molecule has 0 radical (unpaired) electrons. The first kappa shape index (κ1) is 24.9. The summed E-state index contributed by atoms with van der Waals surface area (Å²) in [6, 6.07) is 3.15. The Balaban J connectivity index is 1.44. The van der Waals surface area contributed by atoms with Crippen molar-refractivity contribution in [1.29, 1.82) is 0 Å². The van der Waals surface area contributed by atoms with E-state index in [4.69, 9.17) is 16.3 Å². The van der Waals surface area contributed by atoms with Crippen molar-refractivity contribution >= 4 is 23.2 Å². The number of nitrogens with one attached hydrogen (secondary N) is 1. The van der Waals surface area contributed by atoms with Crippen LogP contribution in [-0.2, 0) is 22.4 Å². The number of morpholine rings is 1. The standard InChI is InChI=1S/C24H28ClF3N4O2/c1-13(15-4-3-5-16(21(15)26)22(27)28)29-23-17-10-14(11-18(17)30-24(25)31-23)6-7-20(33)19-12-34-9-8-32(19)2/h3-5,13-14,19,22H,6-12H2,1-2H3,(H,29,30,31)/t13-,14?,19+/m1/s1. The van der Waals surface area contributed by atoms with Gasteiger partial charge >= 0.3 is 0 Å². The first-order valence-electron chi connectivity index (χ1n) is 11.4. The summed E-state index contributed by atoms with van der Waals surface area (Å²) in [5.41, 5.74) is 1.17. The van der Waals surface area contributed by atoms with Crippen LogP contribution in [0.2, 0.25) is 5.28 Å². The lowest BCUT2D eigenvalue weighted by atomic mass is 9.96. The molecule has 2 aliphatic rings. The van der Waals surface area contributed by atoms with Gasteiger partial charge in [0.2, 0.25) is 5.28 Å². The Morgan fingerprint density at radius 2 is 2.06 bits per heavy atom. The number of fused-ring (bicyclic) bond motifs is 1. The highest BCUT2D eigenvalue weighted by Gasteiger charge is 2.31. The topological polar surface area (TPSA) is 67.3 Å². The Labute approximate surface area is 201 Å². The van der Waals surface area contributed by atoms with E-state index < -0.39 is 23.8 Å². The van der Waals surface area contributed by atoms with E-state index in [0.717, 1.165) is 23.9 Å². The third-order valence-electron chi connectivity index (χ3n) is 6.72. The van der Waals surface area contributed by atoms with Gasteiger partial charge in [0.05, 0.1) is 36.6 Å². The fraction of sp³-hybridized carbons (Fsp3) is 0.542. The molecule has 0 spiro atoms. The first-order chi connectivity index (χ1) is 16.2. The Morgan fingerprint density at radius 1 is 1.29 bits per heavy atom. The van der Waals surface area contributed by atoms with Crippen LogP contribution in [0.5, 0.6) is 0 Å². The van der Waals surface area contributed by atoms with Gasteiger partial charge in [-0.3, -0.25) is 9.69 Å². The van der Waals surface area contributed by atoms with Gasteiger partial charge in [-0.25, -0.2) is 23.1 Å². The number of alkyl halides is 2. The second-order valence-electron chi connectivity index (χ2n) is 9.03.